The van der Waals surface area contributed by atoms with E-state index in [1.165, 1.54) is 0 Å². The van der Waals surface area contributed by atoms with Crippen LogP contribution >= 0.6 is 11.6 Å². The van der Waals surface area contributed by atoms with Crippen LogP contribution in [-0.2, 0) is 16.0 Å². The van der Waals surface area contributed by atoms with E-state index < -0.39 is 11.9 Å². The summed E-state index contributed by atoms with van der Waals surface area (Å²) in [7, 11) is 0. The first-order valence-electron chi connectivity index (χ1n) is 9.73. The van der Waals surface area contributed by atoms with Crippen LogP contribution in [0.2, 0.25) is 5.02 Å². The number of halogens is 1. The molecule has 3 rings (SSSR count). The molecule has 0 aliphatic carbocycles. The normalized spacial score (nSPS) is 16.3. The predicted molar refractivity (Wildman–Crippen MR) is 116 cm³/mol. The smallest absolute Gasteiger partial charge is 0.334 e. The van der Waals surface area contributed by atoms with Crippen molar-refractivity contribution in [2.24, 2.45) is 0 Å². The molecule has 0 saturated heterocycles. The molecule has 2 aromatic rings. The Morgan fingerprint density at radius 2 is 1.83 bits per heavy atom. The molecule has 1 atom stereocenters. The minimum atomic E-state index is -1.07. The standard InChI is InChI=1S/C23H24ClN3O3/c1-14-19(22(28)26-10-4-5-16-8-11-25-12-9-16)21(17-6-3-7-18(24)13-17)20(23(29)30)15(2)27-14/h3,6-9,11-13,21,27H,4-5,10H2,1-2H3,(H,26,28)(H,29,30). The number of aryl methyl sites for hydroxylation is 1. The summed E-state index contributed by atoms with van der Waals surface area (Å²) in [5.74, 6) is -2.06. The molecule has 1 aliphatic heterocycles. The number of benzene rings is 1. The fourth-order valence-corrected chi connectivity index (χ4v) is 3.94. The molecule has 6 nitrogen and oxygen atoms in total. The van der Waals surface area contributed by atoms with Crippen LogP contribution < -0.4 is 10.6 Å². The van der Waals surface area contributed by atoms with Crippen LogP contribution in [-0.4, -0.2) is 28.5 Å². The van der Waals surface area contributed by atoms with Gasteiger partial charge in [-0.25, -0.2) is 4.79 Å². The average Bonchev–Trinajstić information content (AvgIpc) is 2.71. The van der Waals surface area contributed by atoms with Gasteiger partial charge in [0.25, 0.3) is 0 Å². The number of aliphatic carboxylic acids is 1. The summed E-state index contributed by atoms with van der Waals surface area (Å²) in [4.78, 5) is 29.1. The highest BCUT2D eigenvalue weighted by atomic mass is 35.5. The third-order valence-electron chi connectivity index (χ3n) is 5.09. The number of allylic oxidation sites excluding steroid dienone is 2. The Labute approximate surface area is 180 Å². The quantitative estimate of drug-likeness (QED) is 0.587. The Balaban J connectivity index is 1.82. The van der Waals surface area contributed by atoms with E-state index in [-0.39, 0.29) is 11.5 Å². The second kappa shape index (κ2) is 9.59. The Morgan fingerprint density at radius 3 is 2.50 bits per heavy atom. The number of hydrogen-bond donors (Lipinski definition) is 3. The topological polar surface area (TPSA) is 91.3 Å². The first-order chi connectivity index (χ1) is 14.4. The number of nitrogens with one attached hydrogen (secondary N) is 2. The number of pyridine rings is 1. The number of carboxylic acids is 1. The van der Waals surface area contributed by atoms with Gasteiger partial charge in [-0.05, 0) is 62.1 Å². The van der Waals surface area contributed by atoms with Crippen molar-refractivity contribution in [1.82, 2.24) is 15.6 Å². The van der Waals surface area contributed by atoms with Crippen molar-refractivity contribution in [3.8, 4) is 0 Å². The molecule has 0 fully saturated rings. The molecule has 1 amide bonds. The summed E-state index contributed by atoms with van der Waals surface area (Å²) < 4.78 is 0. The maximum atomic E-state index is 13.1. The number of aromatic nitrogens is 1. The number of hydrogen-bond acceptors (Lipinski definition) is 4. The number of rotatable bonds is 7. The van der Waals surface area contributed by atoms with E-state index >= 15 is 0 Å². The maximum Gasteiger partial charge on any atom is 0.334 e. The van der Waals surface area contributed by atoms with Gasteiger partial charge in [0, 0.05) is 40.9 Å². The van der Waals surface area contributed by atoms with Crippen LogP contribution in [0, 0.1) is 0 Å². The molecule has 156 valence electrons. The molecular formula is C23H24ClN3O3. The molecule has 0 saturated carbocycles. The Hall–Kier alpha value is -3.12. The van der Waals surface area contributed by atoms with Gasteiger partial charge < -0.3 is 15.7 Å². The summed E-state index contributed by atoms with van der Waals surface area (Å²) >= 11 is 6.15. The molecule has 0 spiro atoms. The van der Waals surface area contributed by atoms with E-state index in [0.717, 1.165) is 18.4 Å². The molecule has 0 bridgehead atoms. The van der Waals surface area contributed by atoms with Crippen molar-refractivity contribution in [3.63, 3.8) is 0 Å². The van der Waals surface area contributed by atoms with Crippen molar-refractivity contribution in [1.29, 1.82) is 0 Å². The second-order valence-corrected chi connectivity index (χ2v) is 7.65. The van der Waals surface area contributed by atoms with E-state index in [9.17, 15) is 14.7 Å². The lowest BCUT2D eigenvalue weighted by molar-refractivity contribution is -0.133. The molecule has 30 heavy (non-hydrogen) atoms. The first-order valence-corrected chi connectivity index (χ1v) is 10.1. The van der Waals surface area contributed by atoms with Gasteiger partial charge in [-0.3, -0.25) is 9.78 Å². The predicted octanol–water partition coefficient (Wildman–Crippen LogP) is 3.80. The van der Waals surface area contributed by atoms with Crippen molar-refractivity contribution >= 4 is 23.5 Å². The summed E-state index contributed by atoms with van der Waals surface area (Å²) in [5.41, 5.74) is 3.50. The average molecular weight is 426 g/mol. The largest absolute Gasteiger partial charge is 0.478 e. The van der Waals surface area contributed by atoms with Crippen LogP contribution in [0.4, 0.5) is 0 Å². The molecular weight excluding hydrogens is 402 g/mol. The molecule has 2 heterocycles. The molecule has 7 heteroatoms. The van der Waals surface area contributed by atoms with Gasteiger partial charge >= 0.3 is 5.97 Å². The zero-order valence-electron chi connectivity index (χ0n) is 16.9. The van der Waals surface area contributed by atoms with Crippen LogP contribution in [0.15, 0.2) is 71.3 Å². The van der Waals surface area contributed by atoms with Crippen LogP contribution in [0.5, 0.6) is 0 Å². The van der Waals surface area contributed by atoms with Crippen LogP contribution in [0.1, 0.15) is 37.3 Å². The minimum absolute atomic E-state index is 0.143. The van der Waals surface area contributed by atoms with E-state index in [1.807, 2.05) is 12.1 Å². The summed E-state index contributed by atoms with van der Waals surface area (Å²) in [5, 5.41) is 16.3. The van der Waals surface area contributed by atoms with Crippen LogP contribution in [0.25, 0.3) is 0 Å². The molecule has 0 radical (unpaired) electrons. The zero-order valence-corrected chi connectivity index (χ0v) is 17.7. The summed E-state index contributed by atoms with van der Waals surface area (Å²) in [6.45, 7) is 3.96. The SMILES string of the molecule is CC1=C(C(=O)O)C(c2cccc(Cl)c2)C(C(=O)NCCCc2ccncc2)=C(C)N1. The van der Waals surface area contributed by atoms with Gasteiger partial charge in [0.1, 0.15) is 0 Å². The molecule has 1 unspecified atom stereocenters. The number of carboxylic acid groups (broad SMARTS) is 1. The molecule has 3 N–H and O–H groups in total. The third-order valence-corrected chi connectivity index (χ3v) is 5.33. The minimum Gasteiger partial charge on any atom is -0.478 e. The lowest BCUT2D eigenvalue weighted by Gasteiger charge is -2.30. The fourth-order valence-electron chi connectivity index (χ4n) is 3.74. The van der Waals surface area contributed by atoms with E-state index in [0.29, 0.717) is 34.1 Å². The van der Waals surface area contributed by atoms with Crippen LogP contribution in [0.3, 0.4) is 0 Å². The van der Waals surface area contributed by atoms with Gasteiger partial charge in [0.15, 0.2) is 0 Å². The Bertz CT molecular complexity index is 1020. The van der Waals surface area contributed by atoms with Crippen molar-refractivity contribution < 1.29 is 14.7 Å². The molecule has 1 aliphatic rings. The first kappa shape index (κ1) is 21.6. The lowest BCUT2D eigenvalue weighted by atomic mass is 9.80. The number of nitrogens with zero attached hydrogens (tertiary/aromatic N) is 1. The van der Waals surface area contributed by atoms with Crippen molar-refractivity contribution in [2.45, 2.75) is 32.6 Å². The maximum absolute atomic E-state index is 13.1. The van der Waals surface area contributed by atoms with E-state index in [2.05, 4.69) is 15.6 Å². The zero-order chi connectivity index (χ0) is 21.7. The molecule has 1 aromatic heterocycles. The highest BCUT2D eigenvalue weighted by Gasteiger charge is 2.36. The molecule has 1 aromatic carbocycles. The second-order valence-electron chi connectivity index (χ2n) is 7.21. The van der Waals surface area contributed by atoms with Gasteiger partial charge in [-0.2, -0.15) is 0 Å². The number of carbonyl (C=O) groups is 2. The summed E-state index contributed by atoms with van der Waals surface area (Å²) in [6, 6.07) is 10.9. The highest BCUT2D eigenvalue weighted by Crippen LogP contribution is 2.38. The van der Waals surface area contributed by atoms with Gasteiger partial charge in [0.2, 0.25) is 5.91 Å². The fraction of sp³-hybridized carbons (Fsp3) is 0.261. The number of amides is 1. The summed E-state index contributed by atoms with van der Waals surface area (Å²) in [6.07, 6.45) is 5.06. The van der Waals surface area contributed by atoms with Gasteiger partial charge in [-0.15, -0.1) is 0 Å². The third kappa shape index (κ3) is 4.89. The van der Waals surface area contributed by atoms with E-state index in [1.54, 1.807) is 50.5 Å². The van der Waals surface area contributed by atoms with Gasteiger partial charge in [0.05, 0.1) is 11.5 Å². The number of carbonyl (C=O) groups excluding carboxylic acids is 1. The lowest BCUT2D eigenvalue weighted by Crippen LogP contribution is -2.36. The van der Waals surface area contributed by atoms with E-state index in [4.69, 9.17) is 11.6 Å². The Kier molecular flexibility index (Phi) is 6.90. The monoisotopic (exact) mass is 425 g/mol. The van der Waals surface area contributed by atoms with Crippen molar-refractivity contribution in [2.75, 3.05) is 6.54 Å². The Morgan fingerprint density at radius 1 is 1.13 bits per heavy atom. The highest BCUT2D eigenvalue weighted by molar-refractivity contribution is 6.30. The van der Waals surface area contributed by atoms with Crippen molar-refractivity contribution in [3.05, 3.63) is 87.5 Å². The van der Waals surface area contributed by atoms with Gasteiger partial charge in [-0.1, -0.05) is 23.7 Å². The number of dihydropyridines is 1.